The lowest BCUT2D eigenvalue weighted by molar-refractivity contribution is -0.119. The van der Waals surface area contributed by atoms with Crippen molar-refractivity contribution in [1.82, 2.24) is 25.5 Å². The molecular weight excluding hydrogens is 620 g/mol. The molecule has 4 atom stereocenters. The predicted octanol–water partition coefficient (Wildman–Crippen LogP) is 0.268. The number of amides is 1. The van der Waals surface area contributed by atoms with Crippen LogP contribution >= 0.6 is 11.6 Å². The zero-order valence-corrected chi connectivity index (χ0v) is 27.0. The Kier molecular flexibility index (Phi) is 17.5. The van der Waals surface area contributed by atoms with E-state index in [1.165, 1.54) is 0 Å². The van der Waals surface area contributed by atoms with Crippen molar-refractivity contribution < 1.29 is 35.1 Å². The number of ether oxygens (including phenoxy) is 1. The summed E-state index contributed by atoms with van der Waals surface area (Å²) in [5, 5.41) is 62.2. The first-order chi connectivity index (χ1) is 22.0. The van der Waals surface area contributed by atoms with Crippen molar-refractivity contribution >= 4 is 35.1 Å². The molecule has 0 saturated heterocycles. The van der Waals surface area contributed by atoms with Crippen LogP contribution in [0.3, 0.4) is 0 Å². The normalized spacial score (nSPS) is 14.0. The average molecular weight is 669 g/mol. The lowest BCUT2D eigenvalue weighted by Crippen LogP contribution is -2.50. The third-order valence-corrected chi connectivity index (χ3v) is 7.53. The summed E-state index contributed by atoms with van der Waals surface area (Å²) in [6, 6.07) is 7.72. The van der Waals surface area contributed by atoms with Crippen molar-refractivity contribution in [2.75, 3.05) is 50.9 Å². The summed E-state index contributed by atoms with van der Waals surface area (Å²) in [7, 11) is 0. The summed E-state index contributed by atoms with van der Waals surface area (Å²) < 4.78 is 5.91. The topological polar surface area (TPSA) is 256 Å². The molecule has 0 radical (unpaired) electrons. The highest BCUT2D eigenvalue weighted by atomic mass is 35.5. The third kappa shape index (κ3) is 13.6. The number of rotatable bonds is 21. The van der Waals surface area contributed by atoms with Crippen molar-refractivity contribution in [3.63, 3.8) is 0 Å². The molecule has 0 spiro atoms. The number of carbonyl (C=O) groups is 1. The van der Waals surface area contributed by atoms with Gasteiger partial charge in [-0.05, 0) is 49.9 Å². The van der Waals surface area contributed by atoms with Crippen molar-refractivity contribution in [1.29, 1.82) is 5.41 Å². The average Bonchev–Trinajstić information content (AvgIpc) is 3.03. The second-order valence-corrected chi connectivity index (χ2v) is 11.4. The number of aliphatic hydroxyl groups excluding tert-OH is 5. The van der Waals surface area contributed by atoms with Gasteiger partial charge >= 0.3 is 0 Å². The zero-order chi connectivity index (χ0) is 34.1. The largest absolute Gasteiger partial charge is 0.492 e. The maximum Gasteiger partial charge on any atom is 0.280 e. The number of hydrogen-bond donors (Lipinski definition) is 10. The molecule has 0 unspecified atom stereocenters. The van der Waals surface area contributed by atoms with Crippen LogP contribution in [0.2, 0.25) is 5.15 Å². The fraction of sp³-hybridized carbons (Fsp3) is 0.600. The first-order valence-corrected chi connectivity index (χ1v) is 15.8. The van der Waals surface area contributed by atoms with Crippen LogP contribution in [-0.2, 0) is 6.42 Å². The Morgan fingerprint density at radius 3 is 2.35 bits per heavy atom. The Hall–Kier alpha value is -3.31. The predicted molar refractivity (Wildman–Crippen MR) is 176 cm³/mol. The molecule has 0 bridgehead atoms. The first-order valence-electron chi connectivity index (χ1n) is 15.5. The molecule has 258 valence electrons. The summed E-state index contributed by atoms with van der Waals surface area (Å²) in [5.41, 5.74) is 12.1. The molecule has 2 aromatic rings. The van der Waals surface area contributed by atoms with E-state index in [0.29, 0.717) is 32.0 Å². The molecule has 2 rings (SSSR count). The minimum absolute atomic E-state index is 0.0757. The number of hydrogen-bond acceptors (Lipinski definition) is 13. The number of aryl methyl sites for hydroxylation is 1. The van der Waals surface area contributed by atoms with Crippen LogP contribution in [0, 0.1) is 5.41 Å². The number of anilines is 2. The highest BCUT2D eigenvalue weighted by molar-refractivity contribution is 6.31. The van der Waals surface area contributed by atoms with E-state index in [9.17, 15) is 25.2 Å². The molecule has 16 heteroatoms. The second-order valence-electron chi connectivity index (χ2n) is 11.0. The van der Waals surface area contributed by atoms with E-state index >= 15 is 0 Å². The van der Waals surface area contributed by atoms with E-state index in [1.54, 1.807) is 0 Å². The molecule has 1 heterocycles. The quantitative estimate of drug-likeness (QED) is 0.0487. The minimum Gasteiger partial charge on any atom is -0.492 e. The van der Waals surface area contributed by atoms with Gasteiger partial charge in [-0.15, -0.1) is 0 Å². The van der Waals surface area contributed by atoms with Gasteiger partial charge in [-0.25, -0.2) is 9.97 Å². The number of unbranched alkanes of at least 4 members (excludes halogenated alkanes) is 4. The number of guanidine groups is 1. The lowest BCUT2D eigenvalue weighted by Gasteiger charge is -2.30. The molecule has 15 nitrogen and oxygen atoms in total. The molecule has 1 amide bonds. The standard InChI is InChI=1S/C30H49ClN8O7/c1-2-3-4-7-14-39(17-21(41)24(43)25(44)22(42)18-40)15-16-46-20-11-9-19(10-12-20)8-5-6-13-35-30(34)38-29(45)23-27(32)37-28(33)26(31)36-23/h9-12,21-22,24-25,40-44H,2-8,13-18H2,1H3,(H4,32,33,37)(H3,34,35,38,45)/t21-,22-,24+,25-/m1/s1. The molecule has 0 fully saturated rings. The highest BCUT2D eigenvalue weighted by Gasteiger charge is 2.31. The summed E-state index contributed by atoms with van der Waals surface area (Å²) in [4.78, 5) is 21.8. The number of halogens is 1. The van der Waals surface area contributed by atoms with Crippen LogP contribution in [0.4, 0.5) is 11.6 Å². The van der Waals surface area contributed by atoms with Gasteiger partial charge in [0.2, 0.25) is 0 Å². The molecular formula is C30H49ClN8O7. The van der Waals surface area contributed by atoms with Crippen molar-refractivity contribution in [2.24, 2.45) is 0 Å². The van der Waals surface area contributed by atoms with Crippen LogP contribution < -0.4 is 26.8 Å². The van der Waals surface area contributed by atoms with E-state index in [0.717, 1.165) is 50.5 Å². The van der Waals surface area contributed by atoms with Crippen LogP contribution in [-0.4, -0.2) is 116 Å². The van der Waals surface area contributed by atoms with Gasteiger partial charge in [-0.3, -0.25) is 20.4 Å². The second kappa shape index (κ2) is 20.7. The Bertz CT molecular complexity index is 1210. The van der Waals surface area contributed by atoms with Gasteiger partial charge in [-0.1, -0.05) is 49.9 Å². The molecule has 1 aromatic carbocycles. The highest BCUT2D eigenvalue weighted by Crippen LogP contribution is 2.17. The van der Waals surface area contributed by atoms with Crippen LogP contribution in [0.15, 0.2) is 24.3 Å². The summed E-state index contributed by atoms with van der Waals surface area (Å²) in [6.07, 6.45) is 0.379. The van der Waals surface area contributed by atoms with E-state index < -0.39 is 36.9 Å². The number of aromatic nitrogens is 2. The van der Waals surface area contributed by atoms with Crippen LogP contribution in [0.1, 0.15) is 61.5 Å². The Morgan fingerprint density at radius 2 is 1.67 bits per heavy atom. The monoisotopic (exact) mass is 668 g/mol. The molecule has 1 aromatic heterocycles. The molecule has 0 aliphatic heterocycles. The van der Waals surface area contributed by atoms with Crippen molar-refractivity contribution in [3.05, 3.63) is 40.7 Å². The number of nitrogen functional groups attached to an aromatic ring is 2. The summed E-state index contributed by atoms with van der Waals surface area (Å²) in [5.74, 6) is -0.514. The number of aliphatic hydroxyl groups is 5. The Morgan fingerprint density at radius 1 is 0.978 bits per heavy atom. The van der Waals surface area contributed by atoms with Crippen LogP contribution in [0.25, 0.3) is 0 Å². The van der Waals surface area contributed by atoms with E-state index in [-0.39, 0.29) is 35.0 Å². The van der Waals surface area contributed by atoms with Gasteiger partial charge < -0.3 is 47.1 Å². The number of nitrogens with zero attached hydrogens (tertiary/aromatic N) is 3. The van der Waals surface area contributed by atoms with Crippen molar-refractivity contribution in [2.45, 2.75) is 76.3 Å². The molecule has 0 aliphatic carbocycles. The maximum atomic E-state index is 12.3. The smallest absolute Gasteiger partial charge is 0.280 e. The summed E-state index contributed by atoms with van der Waals surface area (Å²) >= 11 is 5.80. The summed E-state index contributed by atoms with van der Waals surface area (Å²) in [6.45, 7) is 3.43. The number of nitrogens with one attached hydrogen (secondary N) is 3. The maximum absolute atomic E-state index is 12.3. The van der Waals surface area contributed by atoms with E-state index in [4.69, 9.17) is 38.3 Å². The van der Waals surface area contributed by atoms with Gasteiger partial charge in [0.15, 0.2) is 28.4 Å². The number of nitrogens with two attached hydrogens (primary N) is 2. The number of carbonyl (C=O) groups excluding carboxylic acids is 1. The van der Waals surface area contributed by atoms with E-state index in [2.05, 4.69) is 27.5 Å². The first kappa shape index (κ1) is 38.9. The van der Waals surface area contributed by atoms with Gasteiger partial charge in [0.25, 0.3) is 5.91 Å². The number of benzene rings is 1. The minimum atomic E-state index is -1.66. The molecule has 12 N–H and O–H groups in total. The SMILES string of the molecule is CCCCCCN(CCOc1ccc(CCCCNC(=N)NC(=O)c2nc(Cl)c(N)nc2N)cc1)C[C@@H](O)[C@H](O)[C@H](O)[C@H](O)CO. The molecule has 46 heavy (non-hydrogen) atoms. The Labute approximate surface area is 274 Å². The molecule has 0 saturated carbocycles. The van der Waals surface area contributed by atoms with Gasteiger partial charge in [0, 0.05) is 19.6 Å². The van der Waals surface area contributed by atoms with Crippen LogP contribution in [0.5, 0.6) is 5.75 Å². The van der Waals surface area contributed by atoms with Crippen molar-refractivity contribution in [3.8, 4) is 5.75 Å². The van der Waals surface area contributed by atoms with Gasteiger partial charge in [-0.2, -0.15) is 0 Å². The molecule has 0 aliphatic rings. The third-order valence-electron chi connectivity index (χ3n) is 7.25. The lowest BCUT2D eigenvalue weighted by atomic mass is 10.0. The van der Waals surface area contributed by atoms with Gasteiger partial charge in [0.05, 0.1) is 12.7 Å². The zero-order valence-electron chi connectivity index (χ0n) is 26.2. The van der Waals surface area contributed by atoms with Gasteiger partial charge in [0.1, 0.15) is 30.7 Å². The Balaban J connectivity index is 1.73. The fourth-order valence-corrected chi connectivity index (χ4v) is 4.66. The fourth-order valence-electron chi connectivity index (χ4n) is 4.53. The van der Waals surface area contributed by atoms with E-state index in [1.807, 2.05) is 29.2 Å².